The van der Waals surface area contributed by atoms with E-state index in [-0.39, 0.29) is 17.0 Å². The van der Waals surface area contributed by atoms with Gasteiger partial charge in [-0.2, -0.15) is 13.2 Å². The minimum Gasteiger partial charge on any atom is -0.378 e. The van der Waals surface area contributed by atoms with Gasteiger partial charge in [0.15, 0.2) is 9.84 Å². The van der Waals surface area contributed by atoms with Crippen LogP contribution >= 0.6 is 0 Å². The van der Waals surface area contributed by atoms with Crippen LogP contribution in [0.4, 0.5) is 23.7 Å². The summed E-state index contributed by atoms with van der Waals surface area (Å²) in [6.45, 7) is 0.416. The van der Waals surface area contributed by atoms with Crippen LogP contribution in [0, 0.1) is 0 Å². The zero-order valence-electron chi connectivity index (χ0n) is 13.5. The van der Waals surface area contributed by atoms with Crippen molar-refractivity contribution in [1.29, 1.82) is 0 Å². The molecule has 0 aromatic heterocycles. The van der Waals surface area contributed by atoms with Gasteiger partial charge in [0, 0.05) is 25.0 Å². The first-order valence-electron chi connectivity index (χ1n) is 7.61. The van der Waals surface area contributed by atoms with Gasteiger partial charge in [0.1, 0.15) is 6.04 Å². The van der Waals surface area contributed by atoms with E-state index >= 15 is 0 Å². The lowest BCUT2D eigenvalue weighted by molar-refractivity contribution is -0.159. The highest BCUT2D eigenvalue weighted by Crippen LogP contribution is 2.27. The van der Waals surface area contributed by atoms with Gasteiger partial charge >= 0.3 is 12.2 Å². The Labute approximate surface area is 143 Å². The van der Waals surface area contributed by atoms with Crippen molar-refractivity contribution in [2.24, 2.45) is 0 Å². The number of halogens is 3. The summed E-state index contributed by atoms with van der Waals surface area (Å²) in [6, 6.07) is 2.17. The molecule has 2 rings (SSSR count). The third-order valence-electron chi connectivity index (χ3n) is 3.74. The lowest BCUT2D eigenvalue weighted by atomic mass is 10.1. The lowest BCUT2D eigenvalue weighted by Crippen LogP contribution is -2.48. The molecule has 0 radical (unpaired) electrons. The average Bonchev–Trinajstić information content (AvgIpc) is 2.98. The Kier molecular flexibility index (Phi) is 5.94. The largest absolute Gasteiger partial charge is 0.408 e. The molecular weight excluding hydrogens is 361 g/mol. The van der Waals surface area contributed by atoms with E-state index in [0.29, 0.717) is 19.4 Å². The van der Waals surface area contributed by atoms with Crippen LogP contribution in [0.1, 0.15) is 19.3 Å². The molecule has 0 bridgehead atoms. The van der Waals surface area contributed by atoms with Crippen LogP contribution in [0.3, 0.4) is 0 Å². The van der Waals surface area contributed by atoms with Crippen molar-refractivity contribution in [2.75, 3.05) is 18.2 Å². The number of hydrogen-bond acceptors (Lipinski definition) is 4. The van der Waals surface area contributed by atoms with Gasteiger partial charge in [-0.15, -0.1) is 0 Å². The average molecular weight is 380 g/mol. The number of urea groups is 1. The van der Waals surface area contributed by atoms with E-state index in [4.69, 9.17) is 4.74 Å². The summed E-state index contributed by atoms with van der Waals surface area (Å²) in [4.78, 5) is 11.8. The topological polar surface area (TPSA) is 84.5 Å². The number of sulfone groups is 1. The molecule has 0 spiro atoms. The molecule has 1 aromatic carbocycles. The summed E-state index contributed by atoms with van der Waals surface area (Å²) in [7, 11) is -3.49. The summed E-state index contributed by atoms with van der Waals surface area (Å²) in [5, 5.41) is 4.11. The van der Waals surface area contributed by atoms with E-state index in [1.165, 1.54) is 24.3 Å². The number of amides is 2. The van der Waals surface area contributed by atoms with Crippen molar-refractivity contribution >= 4 is 21.6 Å². The lowest BCUT2D eigenvalue weighted by Gasteiger charge is -2.24. The molecule has 2 amide bonds. The molecule has 0 saturated carbocycles. The van der Waals surface area contributed by atoms with Crippen LogP contribution in [0.25, 0.3) is 0 Å². The summed E-state index contributed by atoms with van der Waals surface area (Å²) in [5.74, 6) is 0. The van der Waals surface area contributed by atoms with Gasteiger partial charge in [-0.3, -0.25) is 0 Å². The molecule has 0 aliphatic carbocycles. The van der Waals surface area contributed by atoms with Gasteiger partial charge in [-0.25, -0.2) is 13.2 Å². The molecule has 1 saturated heterocycles. The Morgan fingerprint density at radius 3 is 2.68 bits per heavy atom. The molecule has 6 nitrogen and oxygen atoms in total. The highest BCUT2D eigenvalue weighted by molar-refractivity contribution is 7.90. The molecule has 10 heteroatoms. The zero-order valence-corrected chi connectivity index (χ0v) is 14.3. The molecule has 1 heterocycles. The molecule has 1 aromatic rings. The molecular formula is C15H19F3N2O4S. The first-order valence-corrected chi connectivity index (χ1v) is 9.51. The first-order chi connectivity index (χ1) is 11.6. The number of alkyl halides is 3. The van der Waals surface area contributed by atoms with Crippen molar-refractivity contribution in [1.82, 2.24) is 5.32 Å². The van der Waals surface area contributed by atoms with Crippen LogP contribution in [0.2, 0.25) is 0 Å². The van der Waals surface area contributed by atoms with E-state index in [2.05, 4.69) is 5.32 Å². The Bertz CT molecular complexity index is 716. The Balaban J connectivity index is 2.03. The van der Waals surface area contributed by atoms with E-state index < -0.39 is 34.2 Å². The normalized spacial score (nSPS) is 19.4. The third kappa shape index (κ3) is 5.89. The fourth-order valence-corrected chi connectivity index (χ4v) is 3.16. The highest BCUT2D eigenvalue weighted by Gasteiger charge is 2.42. The maximum atomic E-state index is 13.1. The van der Waals surface area contributed by atoms with Gasteiger partial charge < -0.3 is 15.4 Å². The fourth-order valence-electron chi connectivity index (χ4n) is 2.50. The monoisotopic (exact) mass is 380 g/mol. The Hall–Kier alpha value is -1.81. The second-order valence-corrected chi connectivity index (χ2v) is 7.88. The zero-order chi connectivity index (χ0) is 18.7. The standard InChI is InChI=1S/C15H19F3N2O4S/c1-25(22,23)12-6-2-4-10(8-12)19-14(21)20-13(15(16,17)18)9-11-5-3-7-24-11/h2,4,6,8,11,13H,3,5,7,9H2,1H3,(H2,19,20,21). The number of rotatable bonds is 5. The van der Waals surface area contributed by atoms with Gasteiger partial charge in [0.25, 0.3) is 0 Å². The maximum absolute atomic E-state index is 13.1. The molecule has 2 N–H and O–H groups in total. The molecule has 1 aliphatic heterocycles. The van der Waals surface area contributed by atoms with Gasteiger partial charge in [-0.05, 0) is 31.0 Å². The number of benzene rings is 1. The molecule has 2 atom stereocenters. The van der Waals surface area contributed by atoms with Crippen LogP contribution < -0.4 is 10.6 Å². The van der Waals surface area contributed by atoms with Crippen LogP contribution in [-0.2, 0) is 14.6 Å². The second kappa shape index (κ2) is 7.61. The van der Waals surface area contributed by atoms with Crippen LogP contribution in [-0.4, -0.2) is 45.6 Å². The minimum atomic E-state index is -4.61. The van der Waals surface area contributed by atoms with E-state index in [1.54, 1.807) is 0 Å². The smallest absolute Gasteiger partial charge is 0.378 e. The third-order valence-corrected chi connectivity index (χ3v) is 4.85. The number of anilines is 1. The summed E-state index contributed by atoms with van der Waals surface area (Å²) in [6.07, 6.45) is -3.31. The Morgan fingerprint density at radius 2 is 2.12 bits per heavy atom. The maximum Gasteiger partial charge on any atom is 0.408 e. The predicted octanol–water partition coefficient (Wildman–Crippen LogP) is 2.71. The van der Waals surface area contributed by atoms with Gasteiger partial charge in [-0.1, -0.05) is 6.07 Å². The van der Waals surface area contributed by atoms with E-state index in [1.807, 2.05) is 5.32 Å². The minimum absolute atomic E-state index is 0.0444. The van der Waals surface area contributed by atoms with E-state index in [0.717, 1.165) is 6.26 Å². The Morgan fingerprint density at radius 1 is 1.40 bits per heavy atom. The first kappa shape index (κ1) is 19.5. The molecule has 25 heavy (non-hydrogen) atoms. The predicted molar refractivity (Wildman–Crippen MR) is 85.1 cm³/mol. The fraction of sp³-hybridized carbons (Fsp3) is 0.533. The van der Waals surface area contributed by atoms with Crippen LogP contribution in [0.15, 0.2) is 29.2 Å². The number of nitrogens with one attached hydrogen (secondary N) is 2. The quantitative estimate of drug-likeness (QED) is 0.823. The molecule has 2 unspecified atom stereocenters. The van der Waals surface area contributed by atoms with Gasteiger partial charge in [0.2, 0.25) is 0 Å². The number of ether oxygens (including phenoxy) is 1. The molecule has 1 fully saturated rings. The summed E-state index contributed by atoms with van der Waals surface area (Å²) in [5.41, 5.74) is 0.0819. The highest BCUT2D eigenvalue weighted by atomic mass is 32.2. The SMILES string of the molecule is CS(=O)(=O)c1cccc(NC(=O)NC(CC2CCCO2)C(F)(F)F)c1. The van der Waals surface area contributed by atoms with Gasteiger partial charge in [0.05, 0.1) is 11.0 Å². The van der Waals surface area contributed by atoms with Crippen molar-refractivity contribution < 1.29 is 31.1 Å². The summed E-state index contributed by atoms with van der Waals surface area (Å²) < 4.78 is 67.5. The summed E-state index contributed by atoms with van der Waals surface area (Å²) >= 11 is 0. The van der Waals surface area contributed by atoms with Crippen molar-refractivity contribution in [3.8, 4) is 0 Å². The van der Waals surface area contributed by atoms with Crippen molar-refractivity contribution in [3.63, 3.8) is 0 Å². The second-order valence-electron chi connectivity index (χ2n) is 5.86. The van der Waals surface area contributed by atoms with Crippen LogP contribution in [0.5, 0.6) is 0 Å². The van der Waals surface area contributed by atoms with Crippen molar-refractivity contribution in [2.45, 2.75) is 42.5 Å². The number of carbonyl (C=O) groups is 1. The van der Waals surface area contributed by atoms with Crippen molar-refractivity contribution in [3.05, 3.63) is 24.3 Å². The number of carbonyl (C=O) groups excluding carboxylic acids is 1. The van der Waals surface area contributed by atoms with E-state index in [9.17, 15) is 26.4 Å². The number of hydrogen-bond donors (Lipinski definition) is 2. The molecule has 140 valence electrons. The molecule has 1 aliphatic rings.